The molecule has 156 valence electrons. The molecule has 3 aromatic rings. The molecule has 0 radical (unpaired) electrons. The predicted octanol–water partition coefficient (Wildman–Crippen LogP) is 3.67. The molecule has 1 aliphatic heterocycles. The summed E-state index contributed by atoms with van der Waals surface area (Å²) in [4.78, 5) is 28.4. The Morgan fingerprint density at radius 2 is 1.97 bits per heavy atom. The highest BCUT2D eigenvalue weighted by molar-refractivity contribution is 5.90. The zero-order chi connectivity index (χ0) is 21.1. The van der Waals surface area contributed by atoms with Gasteiger partial charge in [-0.05, 0) is 37.1 Å². The number of nitrogens with zero attached hydrogens (tertiary/aromatic N) is 1. The van der Waals surface area contributed by atoms with Gasteiger partial charge in [-0.2, -0.15) is 0 Å². The molecule has 1 fully saturated rings. The first-order valence-electron chi connectivity index (χ1n) is 10.0. The molecule has 7 heteroatoms. The molecule has 0 spiro atoms. The Labute approximate surface area is 173 Å². The van der Waals surface area contributed by atoms with Crippen molar-refractivity contribution in [1.82, 2.24) is 9.88 Å². The number of nitrogens with one attached hydrogen (secondary N) is 1. The van der Waals surface area contributed by atoms with Gasteiger partial charge in [0.05, 0.1) is 5.92 Å². The van der Waals surface area contributed by atoms with Gasteiger partial charge in [0.1, 0.15) is 18.4 Å². The lowest BCUT2D eigenvalue weighted by Crippen LogP contribution is -2.43. The van der Waals surface area contributed by atoms with Crippen LogP contribution >= 0.6 is 0 Å². The molecule has 30 heavy (non-hydrogen) atoms. The van der Waals surface area contributed by atoms with Crippen molar-refractivity contribution in [2.24, 2.45) is 5.92 Å². The van der Waals surface area contributed by atoms with Crippen LogP contribution in [0.2, 0.25) is 0 Å². The van der Waals surface area contributed by atoms with Crippen LogP contribution in [0.3, 0.4) is 0 Å². The van der Waals surface area contributed by atoms with E-state index in [2.05, 4.69) is 4.98 Å². The molecule has 2 atom stereocenters. The third kappa shape index (κ3) is 4.16. The van der Waals surface area contributed by atoms with Gasteiger partial charge in [-0.25, -0.2) is 0 Å². The van der Waals surface area contributed by atoms with Gasteiger partial charge < -0.3 is 19.9 Å². The number of hydrogen-bond donors (Lipinski definition) is 3. The van der Waals surface area contributed by atoms with Crippen LogP contribution in [0.15, 0.2) is 54.7 Å². The molecule has 2 aromatic carbocycles. The number of hydrogen-bond acceptors (Lipinski definition) is 4. The lowest BCUT2D eigenvalue weighted by Gasteiger charge is -2.34. The molecule has 3 N–H and O–H groups in total. The average Bonchev–Trinajstić information content (AvgIpc) is 3.16. The number of aromatic nitrogens is 1. The van der Waals surface area contributed by atoms with Crippen LogP contribution < -0.4 is 4.74 Å². The highest BCUT2D eigenvalue weighted by Crippen LogP contribution is 2.33. The zero-order valence-electron chi connectivity index (χ0n) is 16.5. The lowest BCUT2D eigenvalue weighted by atomic mass is 9.94. The maximum atomic E-state index is 12.1. The number of benzene rings is 2. The maximum absolute atomic E-state index is 12.1. The predicted molar refractivity (Wildman–Crippen MR) is 111 cm³/mol. The zero-order valence-corrected chi connectivity index (χ0v) is 16.5. The Morgan fingerprint density at radius 3 is 2.70 bits per heavy atom. The summed E-state index contributed by atoms with van der Waals surface area (Å²) in [7, 11) is 0. The van der Waals surface area contributed by atoms with E-state index >= 15 is 0 Å². The van der Waals surface area contributed by atoms with Crippen molar-refractivity contribution >= 4 is 22.8 Å². The van der Waals surface area contributed by atoms with Gasteiger partial charge in [0.2, 0.25) is 0 Å². The number of likely N-dealkylation sites (tertiary alicyclic amines) is 1. The van der Waals surface area contributed by atoms with Crippen LogP contribution in [0.1, 0.15) is 30.0 Å². The highest BCUT2D eigenvalue weighted by atomic mass is 16.5. The summed E-state index contributed by atoms with van der Waals surface area (Å²) in [5.74, 6) is -1.70. The fraction of sp³-hybridized carbons (Fsp3) is 0.304. The van der Waals surface area contributed by atoms with Crippen molar-refractivity contribution in [3.05, 3.63) is 65.9 Å². The van der Waals surface area contributed by atoms with Crippen molar-refractivity contribution in [2.75, 3.05) is 13.1 Å². The van der Waals surface area contributed by atoms with Crippen molar-refractivity contribution in [3.8, 4) is 5.75 Å². The number of ether oxygens (including phenoxy) is 1. The van der Waals surface area contributed by atoms with Gasteiger partial charge >= 0.3 is 11.9 Å². The number of H-pyrrole nitrogens is 1. The van der Waals surface area contributed by atoms with Gasteiger partial charge in [0.25, 0.3) is 0 Å². The Hall–Kier alpha value is -3.32. The first-order valence-corrected chi connectivity index (χ1v) is 10.0. The summed E-state index contributed by atoms with van der Waals surface area (Å²) in [6.45, 7) is 1.24. The molecule has 0 amide bonds. The monoisotopic (exact) mass is 408 g/mol. The molecule has 1 saturated heterocycles. The molecular weight excluding hydrogens is 384 g/mol. The minimum Gasteiger partial charge on any atom is -0.489 e. The van der Waals surface area contributed by atoms with Crippen molar-refractivity contribution < 1.29 is 24.5 Å². The summed E-state index contributed by atoms with van der Waals surface area (Å²) >= 11 is 0. The quantitative estimate of drug-likeness (QED) is 0.551. The second-order valence-corrected chi connectivity index (χ2v) is 7.64. The number of rotatable bonds is 7. The van der Waals surface area contributed by atoms with Crippen LogP contribution in [0, 0.1) is 5.92 Å². The molecule has 4 rings (SSSR count). The minimum atomic E-state index is -0.980. The van der Waals surface area contributed by atoms with E-state index in [1.807, 2.05) is 48.5 Å². The van der Waals surface area contributed by atoms with Crippen molar-refractivity contribution in [1.29, 1.82) is 0 Å². The molecule has 1 aromatic heterocycles. The maximum Gasteiger partial charge on any atom is 0.325 e. The Bertz CT molecular complexity index is 1050. The van der Waals surface area contributed by atoms with E-state index in [9.17, 15) is 19.8 Å². The normalized spacial score (nSPS) is 18.2. The standard InChI is InChI=1S/C23H24N2O5/c26-22(27)16-7-4-10-25(13-16)21(23(28)29)19-12-24-20-11-17(8-9-18(19)20)30-14-15-5-2-1-3-6-15/h1-3,5-6,8-9,11-12,16,21,24H,4,7,10,13-14H2,(H,26,27)(H,28,29)/t16-,21-/m0/s1. The molecule has 0 aliphatic carbocycles. The van der Waals surface area contributed by atoms with E-state index in [4.69, 9.17) is 4.74 Å². The van der Waals surface area contributed by atoms with Gasteiger partial charge in [0.15, 0.2) is 0 Å². The van der Waals surface area contributed by atoms with Crippen LogP contribution in [-0.2, 0) is 16.2 Å². The topological polar surface area (TPSA) is 103 Å². The molecule has 7 nitrogen and oxygen atoms in total. The lowest BCUT2D eigenvalue weighted by molar-refractivity contribution is -0.149. The summed E-state index contributed by atoms with van der Waals surface area (Å²) in [6.07, 6.45) is 2.95. The summed E-state index contributed by atoms with van der Waals surface area (Å²) < 4.78 is 5.86. The third-order valence-electron chi connectivity index (χ3n) is 5.63. The SMILES string of the molecule is O=C(O)[C@H]1CCCN([C@H](C(=O)O)c2c[nH]c3cc(OCc4ccccc4)ccc23)C1. The number of fused-ring (bicyclic) bond motifs is 1. The Kier molecular flexibility index (Phi) is 5.72. The summed E-state index contributed by atoms with van der Waals surface area (Å²) in [5, 5.41) is 20.1. The van der Waals surface area contributed by atoms with Gasteiger partial charge in [-0.15, -0.1) is 0 Å². The van der Waals surface area contributed by atoms with E-state index < -0.39 is 23.9 Å². The van der Waals surface area contributed by atoms with Crippen LogP contribution in [0.25, 0.3) is 10.9 Å². The van der Waals surface area contributed by atoms with Crippen molar-refractivity contribution in [2.45, 2.75) is 25.5 Å². The minimum absolute atomic E-state index is 0.233. The van der Waals surface area contributed by atoms with Crippen molar-refractivity contribution in [3.63, 3.8) is 0 Å². The fourth-order valence-electron chi connectivity index (χ4n) is 4.11. The Morgan fingerprint density at radius 1 is 1.17 bits per heavy atom. The molecule has 2 heterocycles. The summed E-state index contributed by atoms with van der Waals surface area (Å²) in [5.41, 5.74) is 2.49. The fourth-order valence-corrected chi connectivity index (χ4v) is 4.11. The first-order chi connectivity index (χ1) is 14.5. The molecule has 1 aliphatic rings. The third-order valence-corrected chi connectivity index (χ3v) is 5.63. The molecule has 0 saturated carbocycles. The average molecular weight is 408 g/mol. The number of carbonyl (C=O) groups is 2. The van der Waals surface area contributed by atoms with Gasteiger partial charge in [0, 0.05) is 35.3 Å². The van der Waals surface area contributed by atoms with E-state index in [1.165, 1.54) is 0 Å². The van der Waals surface area contributed by atoms with Gasteiger partial charge in [-0.1, -0.05) is 30.3 Å². The number of carboxylic acids is 2. The van der Waals surface area contributed by atoms with Gasteiger partial charge in [-0.3, -0.25) is 14.5 Å². The second-order valence-electron chi connectivity index (χ2n) is 7.64. The van der Waals surface area contributed by atoms with Crippen LogP contribution in [0.5, 0.6) is 5.75 Å². The number of carboxylic acid groups (broad SMARTS) is 2. The Balaban J connectivity index is 1.56. The smallest absolute Gasteiger partial charge is 0.325 e. The van der Waals surface area contributed by atoms with Crippen LogP contribution in [-0.4, -0.2) is 45.1 Å². The highest BCUT2D eigenvalue weighted by Gasteiger charge is 2.35. The van der Waals surface area contributed by atoms with E-state index in [1.54, 1.807) is 11.1 Å². The molecule has 0 bridgehead atoms. The molecular formula is C23H24N2O5. The van der Waals surface area contributed by atoms with Crippen LogP contribution in [0.4, 0.5) is 0 Å². The van der Waals surface area contributed by atoms with E-state index in [-0.39, 0.29) is 6.54 Å². The second kappa shape index (κ2) is 8.59. The molecule has 0 unspecified atom stereocenters. The number of aliphatic carboxylic acids is 2. The number of aromatic amines is 1. The summed E-state index contributed by atoms with van der Waals surface area (Å²) in [6, 6.07) is 14.5. The largest absolute Gasteiger partial charge is 0.489 e. The van der Waals surface area contributed by atoms with E-state index in [0.717, 1.165) is 16.5 Å². The number of piperidine rings is 1. The van der Waals surface area contributed by atoms with E-state index in [0.29, 0.717) is 37.3 Å². The first kappa shape index (κ1) is 20.0.